The molecule has 18 heavy (non-hydrogen) atoms. The SMILES string of the molecule is Cc1c(S(=O)(=O)Cl)ccc(OC(F)(F)F)c1C#N. The molecule has 0 radical (unpaired) electrons. The van der Waals surface area contributed by atoms with Crippen LogP contribution < -0.4 is 4.74 Å². The van der Waals surface area contributed by atoms with E-state index in [1.165, 1.54) is 6.07 Å². The van der Waals surface area contributed by atoms with E-state index < -0.39 is 31.6 Å². The van der Waals surface area contributed by atoms with Crippen LogP contribution in [0.25, 0.3) is 0 Å². The Morgan fingerprint density at radius 3 is 2.33 bits per heavy atom. The molecule has 0 aliphatic carbocycles. The van der Waals surface area contributed by atoms with Crippen molar-refractivity contribution in [1.82, 2.24) is 0 Å². The highest BCUT2D eigenvalue weighted by molar-refractivity contribution is 8.13. The number of nitriles is 1. The fraction of sp³-hybridized carbons (Fsp3) is 0.222. The molecule has 0 saturated carbocycles. The Bertz CT molecular complexity index is 619. The van der Waals surface area contributed by atoms with E-state index in [1.54, 1.807) is 0 Å². The zero-order valence-corrected chi connectivity index (χ0v) is 10.3. The van der Waals surface area contributed by atoms with Crippen molar-refractivity contribution in [3.05, 3.63) is 23.3 Å². The molecule has 0 heterocycles. The van der Waals surface area contributed by atoms with Gasteiger partial charge in [0.15, 0.2) is 0 Å². The maximum atomic E-state index is 12.0. The highest BCUT2D eigenvalue weighted by atomic mass is 35.7. The number of benzene rings is 1. The fourth-order valence-electron chi connectivity index (χ4n) is 1.28. The van der Waals surface area contributed by atoms with Gasteiger partial charge in [0.2, 0.25) is 0 Å². The lowest BCUT2D eigenvalue weighted by Crippen LogP contribution is -2.18. The largest absolute Gasteiger partial charge is 0.573 e. The number of nitrogens with zero attached hydrogens (tertiary/aromatic N) is 1. The van der Waals surface area contributed by atoms with Crippen LogP contribution in [0.3, 0.4) is 0 Å². The fourth-order valence-corrected chi connectivity index (χ4v) is 2.48. The Morgan fingerprint density at radius 2 is 1.94 bits per heavy atom. The second-order valence-corrected chi connectivity index (χ2v) is 5.69. The van der Waals surface area contributed by atoms with E-state index in [4.69, 9.17) is 15.9 Å². The van der Waals surface area contributed by atoms with Gasteiger partial charge in [0, 0.05) is 10.7 Å². The van der Waals surface area contributed by atoms with Crippen LogP contribution in [-0.4, -0.2) is 14.8 Å². The molecule has 9 heteroatoms. The maximum Gasteiger partial charge on any atom is 0.573 e. The first-order chi connectivity index (χ1) is 8.06. The third-order valence-electron chi connectivity index (χ3n) is 1.98. The third kappa shape index (κ3) is 3.27. The summed E-state index contributed by atoms with van der Waals surface area (Å²) in [6, 6.07) is 3.03. The summed E-state index contributed by atoms with van der Waals surface area (Å²) in [6.45, 7) is 1.16. The molecule has 1 aromatic carbocycles. The molecule has 0 saturated heterocycles. The van der Waals surface area contributed by atoms with E-state index in [0.717, 1.165) is 19.1 Å². The first kappa shape index (κ1) is 14.6. The predicted octanol–water partition coefficient (Wildman–Crippen LogP) is 2.69. The minimum Gasteiger partial charge on any atom is -0.404 e. The van der Waals surface area contributed by atoms with Crippen LogP contribution in [-0.2, 0) is 9.05 Å². The van der Waals surface area contributed by atoms with Crippen LogP contribution in [0, 0.1) is 18.3 Å². The van der Waals surface area contributed by atoms with E-state index in [1.807, 2.05) is 0 Å². The molecule has 0 aliphatic rings. The minimum absolute atomic E-state index is 0.200. The molecule has 0 N–H and O–H groups in total. The van der Waals surface area contributed by atoms with Gasteiger partial charge in [-0.25, -0.2) is 8.42 Å². The minimum atomic E-state index is -4.97. The van der Waals surface area contributed by atoms with Crippen molar-refractivity contribution in [3.8, 4) is 11.8 Å². The zero-order valence-electron chi connectivity index (χ0n) is 8.75. The molecule has 0 aromatic heterocycles. The second kappa shape index (κ2) is 4.66. The lowest BCUT2D eigenvalue weighted by Gasteiger charge is -2.12. The molecule has 4 nitrogen and oxygen atoms in total. The van der Waals surface area contributed by atoms with Crippen LogP contribution in [0.2, 0.25) is 0 Å². The molecule has 0 fully saturated rings. The summed E-state index contributed by atoms with van der Waals surface area (Å²) in [6.07, 6.45) is -4.97. The van der Waals surface area contributed by atoms with Crippen LogP contribution in [0.5, 0.6) is 5.75 Å². The molecule has 98 valence electrons. The molecule has 1 aromatic rings. The first-order valence-corrected chi connectivity index (χ1v) is 6.61. The highest BCUT2D eigenvalue weighted by Gasteiger charge is 2.33. The topological polar surface area (TPSA) is 67.2 Å². The molecule has 0 spiro atoms. The van der Waals surface area contributed by atoms with Gasteiger partial charge in [-0.3, -0.25) is 0 Å². The van der Waals surface area contributed by atoms with Gasteiger partial charge in [0.25, 0.3) is 9.05 Å². The lowest BCUT2D eigenvalue weighted by molar-refractivity contribution is -0.274. The van der Waals surface area contributed by atoms with Crippen LogP contribution in [0.15, 0.2) is 17.0 Å². The summed E-state index contributed by atoms with van der Waals surface area (Å²) in [5, 5.41) is 8.75. The van der Waals surface area contributed by atoms with Gasteiger partial charge >= 0.3 is 6.36 Å². The monoisotopic (exact) mass is 299 g/mol. The molecule has 0 amide bonds. The molecular weight excluding hydrogens is 295 g/mol. The van der Waals surface area contributed by atoms with Crippen LogP contribution in [0.1, 0.15) is 11.1 Å². The standard InChI is InChI=1S/C9H5ClF3NO3S/c1-5-6(4-14)7(17-9(11,12)13)2-3-8(5)18(10,15)16/h2-3H,1H3. The summed E-state index contributed by atoms with van der Waals surface area (Å²) in [4.78, 5) is -0.435. The van der Waals surface area contributed by atoms with Crippen molar-refractivity contribution < 1.29 is 26.3 Å². The Hall–Kier alpha value is -1.46. The van der Waals surface area contributed by atoms with Crippen LogP contribution in [0.4, 0.5) is 13.2 Å². The summed E-state index contributed by atoms with van der Waals surface area (Å²) < 4.78 is 62.0. The zero-order chi connectivity index (χ0) is 14.1. The van der Waals surface area contributed by atoms with Crippen molar-refractivity contribution in [1.29, 1.82) is 5.26 Å². The second-order valence-electron chi connectivity index (χ2n) is 3.16. The number of hydrogen-bond donors (Lipinski definition) is 0. The number of rotatable bonds is 2. The van der Waals surface area contributed by atoms with Gasteiger partial charge in [0.1, 0.15) is 11.8 Å². The summed E-state index contributed by atoms with van der Waals surface area (Å²) in [5.74, 6) is -0.772. The molecule has 0 bridgehead atoms. The maximum absolute atomic E-state index is 12.0. The first-order valence-electron chi connectivity index (χ1n) is 4.30. The molecule has 1 rings (SSSR count). The van der Waals surface area contributed by atoms with Gasteiger partial charge in [0.05, 0.1) is 10.5 Å². The van der Waals surface area contributed by atoms with Crippen LogP contribution >= 0.6 is 10.7 Å². The normalized spacial score (nSPS) is 12.0. The van der Waals surface area contributed by atoms with E-state index in [0.29, 0.717) is 0 Å². The number of ether oxygens (including phenoxy) is 1. The quantitative estimate of drug-likeness (QED) is 0.787. The van der Waals surface area contributed by atoms with E-state index in [9.17, 15) is 21.6 Å². The van der Waals surface area contributed by atoms with Crippen molar-refractivity contribution in [3.63, 3.8) is 0 Å². The Labute approximate surface area is 105 Å². The summed E-state index contributed by atoms with van der Waals surface area (Å²) >= 11 is 0. The smallest absolute Gasteiger partial charge is 0.404 e. The number of hydrogen-bond acceptors (Lipinski definition) is 4. The lowest BCUT2D eigenvalue weighted by atomic mass is 10.1. The van der Waals surface area contributed by atoms with E-state index in [2.05, 4.69) is 4.74 Å². The van der Waals surface area contributed by atoms with Gasteiger partial charge in [-0.1, -0.05) is 0 Å². The Balaban J connectivity index is 3.45. The van der Waals surface area contributed by atoms with Gasteiger partial charge in [-0.05, 0) is 24.6 Å². The average molecular weight is 300 g/mol. The van der Waals surface area contributed by atoms with E-state index in [-0.39, 0.29) is 5.56 Å². The highest BCUT2D eigenvalue weighted by Crippen LogP contribution is 2.32. The number of alkyl halides is 3. The third-order valence-corrected chi connectivity index (χ3v) is 3.44. The molecule has 0 unspecified atom stereocenters. The van der Waals surface area contributed by atoms with Gasteiger partial charge in [-0.2, -0.15) is 5.26 Å². The average Bonchev–Trinajstić information content (AvgIpc) is 2.13. The van der Waals surface area contributed by atoms with Crippen molar-refractivity contribution in [2.75, 3.05) is 0 Å². The van der Waals surface area contributed by atoms with E-state index >= 15 is 0 Å². The van der Waals surface area contributed by atoms with Crippen molar-refractivity contribution >= 4 is 19.7 Å². The van der Waals surface area contributed by atoms with Crippen molar-refractivity contribution in [2.45, 2.75) is 18.2 Å². The van der Waals surface area contributed by atoms with Gasteiger partial charge in [-0.15, -0.1) is 13.2 Å². The summed E-state index contributed by atoms with van der Waals surface area (Å²) in [7, 11) is 0.936. The molecule has 0 atom stereocenters. The molecular formula is C9H5ClF3NO3S. The van der Waals surface area contributed by atoms with Gasteiger partial charge < -0.3 is 4.74 Å². The molecule has 0 aliphatic heterocycles. The Kier molecular flexibility index (Phi) is 3.78. The number of halogens is 4. The van der Waals surface area contributed by atoms with Crippen molar-refractivity contribution in [2.24, 2.45) is 0 Å². The Morgan fingerprint density at radius 1 is 1.39 bits per heavy atom. The predicted molar refractivity (Wildman–Crippen MR) is 55.6 cm³/mol. The summed E-state index contributed by atoms with van der Waals surface area (Å²) in [5.41, 5.74) is -0.733.